The first kappa shape index (κ1) is 17.7. The van der Waals surface area contributed by atoms with Crippen molar-refractivity contribution >= 4 is 11.6 Å². The summed E-state index contributed by atoms with van der Waals surface area (Å²) in [6.45, 7) is 3.76. The molecule has 0 nitrogen and oxygen atoms in total. The van der Waals surface area contributed by atoms with Gasteiger partial charge in [-0.1, -0.05) is 35.6 Å². The van der Waals surface area contributed by atoms with E-state index in [-0.39, 0.29) is 10.8 Å². The average Bonchev–Trinajstić information content (AvgIpc) is 2.62. The van der Waals surface area contributed by atoms with Crippen molar-refractivity contribution < 1.29 is 8.78 Å². The summed E-state index contributed by atoms with van der Waals surface area (Å²) < 4.78 is 28.2. The molecule has 0 amide bonds. The molecule has 0 aromatic heterocycles. The molecular weight excluding hydrogens is 338 g/mol. The lowest BCUT2D eigenvalue weighted by molar-refractivity contribution is 0.421. The molecule has 2 aromatic carbocycles. The zero-order valence-corrected chi connectivity index (χ0v) is 14.7. The molecule has 2 aromatic rings. The second-order valence-electron chi connectivity index (χ2n) is 6.42. The highest BCUT2D eigenvalue weighted by molar-refractivity contribution is 6.30. The third kappa shape index (κ3) is 4.11. The summed E-state index contributed by atoms with van der Waals surface area (Å²) in [5.41, 5.74) is 2.70. The monoisotopic (exact) mass is 356 g/mol. The Balaban J connectivity index is 1.82. The minimum Gasteiger partial charge on any atom is -0.205 e. The van der Waals surface area contributed by atoms with Gasteiger partial charge in [0, 0.05) is 5.56 Å². The number of allylic oxidation sites excluding steroid dienone is 1. The van der Waals surface area contributed by atoms with Crippen LogP contribution in [0.1, 0.15) is 41.5 Å². The van der Waals surface area contributed by atoms with E-state index in [2.05, 4.69) is 18.4 Å². The molecule has 0 bridgehead atoms. The average molecular weight is 357 g/mol. The third-order valence-electron chi connectivity index (χ3n) is 4.69. The Kier molecular flexibility index (Phi) is 5.56. The molecule has 3 heteroatoms. The number of halogens is 3. The van der Waals surface area contributed by atoms with Crippen molar-refractivity contribution in [2.75, 3.05) is 0 Å². The van der Waals surface area contributed by atoms with Crippen LogP contribution in [0.4, 0.5) is 8.78 Å². The van der Waals surface area contributed by atoms with Crippen LogP contribution in [-0.2, 0) is 12.8 Å². The normalized spacial score (nSPS) is 15.9. The fraction of sp³-hybridized carbons (Fsp3) is 0.273. The molecule has 0 heterocycles. The summed E-state index contributed by atoms with van der Waals surface area (Å²) in [4.78, 5) is 0. The lowest BCUT2D eigenvalue weighted by Gasteiger charge is -2.25. The lowest BCUT2D eigenvalue weighted by atomic mass is 9.81. The van der Waals surface area contributed by atoms with Gasteiger partial charge in [-0.2, -0.15) is 0 Å². The van der Waals surface area contributed by atoms with E-state index in [1.807, 2.05) is 12.1 Å². The Hall–Kier alpha value is -2.11. The van der Waals surface area contributed by atoms with Gasteiger partial charge in [-0.25, -0.2) is 8.78 Å². The van der Waals surface area contributed by atoms with Gasteiger partial charge < -0.3 is 0 Å². The van der Waals surface area contributed by atoms with Crippen molar-refractivity contribution in [3.63, 3.8) is 0 Å². The van der Waals surface area contributed by atoms with Crippen LogP contribution in [0.25, 0.3) is 0 Å². The van der Waals surface area contributed by atoms with Gasteiger partial charge in [0.15, 0.2) is 0 Å². The lowest BCUT2D eigenvalue weighted by Crippen LogP contribution is -2.16. The van der Waals surface area contributed by atoms with Gasteiger partial charge in [-0.3, -0.25) is 0 Å². The zero-order valence-electron chi connectivity index (χ0n) is 13.9. The molecule has 1 aliphatic rings. The van der Waals surface area contributed by atoms with Gasteiger partial charge in [0.25, 0.3) is 0 Å². The van der Waals surface area contributed by atoms with Crippen LogP contribution < -0.4 is 0 Å². The predicted octanol–water partition coefficient (Wildman–Crippen LogP) is 6.09. The molecule has 0 saturated heterocycles. The topological polar surface area (TPSA) is 0 Å². The van der Waals surface area contributed by atoms with Gasteiger partial charge in [0.2, 0.25) is 0 Å². The molecule has 0 aliphatic heterocycles. The van der Waals surface area contributed by atoms with E-state index in [1.54, 1.807) is 12.1 Å². The highest BCUT2D eigenvalue weighted by Gasteiger charge is 2.21. The van der Waals surface area contributed by atoms with Crippen molar-refractivity contribution in [2.45, 2.75) is 32.1 Å². The molecule has 1 aliphatic carbocycles. The molecule has 0 N–H and O–H groups in total. The van der Waals surface area contributed by atoms with Crippen LogP contribution in [0.3, 0.4) is 0 Å². The van der Waals surface area contributed by atoms with Crippen molar-refractivity contribution in [3.8, 4) is 11.8 Å². The summed E-state index contributed by atoms with van der Waals surface area (Å²) in [7, 11) is 0. The maximum Gasteiger partial charge on any atom is 0.143 e. The molecule has 0 fully saturated rings. The molecule has 0 spiro atoms. The van der Waals surface area contributed by atoms with Gasteiger partial charge in [-0.05, 0) is 73.4 Å². The minimum atomic E-state index is -0.523. The van der Waals surface area contributed by atoms with E-state index in [9.17, 15) is 8.78 Å². The second-order valence-corrected chi connectivity index (χ2v) is 6.83. The number of hydrogen-bond acceptors (Lipinski definition) is 0. The van der Waals surface area contributed by atoms with E-state index in [4.69, 9.17) is 11.6 Å². The van der Waals surface area contributed by atoms with E-state index >= 15 is 0 Å². The first-order chi connectivity index (χ1) is 12.1. The van der Waals surface area contributed by atoms with Crippen LogP contribution >= 0.6 is 11.6 Å². The summed E-state index contributed by atoms with van der Waals surface area (Å²) in [5.74, 6) is 5.48. The van der Waals surface area contributed by atoms with E-state index in [1.165, 1.54) is 12.1 Å². The first-order valence-electron chi connectivity index (χ1n) is 8.46. The smallest absolute Gasteiger partial charge is 0.143 e. The molecule has 0 saturated carbocycles. The Morgan fingerprint density at radius 3 is 2.80 bits per heavy atom. The second kappa shape index (κ2) is 7.85. The molecule has 128 valence electrons. The summed E-state index contributed by atoms with van der Waals surface area (Å²) in [5, 5.41) is 0.0523. The maximum absolute atomic E-state index is 14.8. The molecule has 25 heavy (non-hydrogen) atoms. The van der Waals surface area contributed by atoms with Crippen LogP contribution in [0.2, 0.25) is 5.02 Å². The third-order valence-corrected chi connectivity index (χ3v) is 5.00. The Bertz CT molecular complexity index is 858. The van der Waals surface area contributed by atoms with E-state index in [0.29, 0.717) is 17.0 Å². The molecule has 1 unspecified atom stereocenters. The fourth-order valence-electron chi connectivity index (χ4n) is 3.29. The van der Waals surface area contributed by atoms with Crippen molar-refractivity contribution in [1.82, 2.24) is 0 Å². The van der Waals surface area contributed by atoms with Crippen molar-refractivity contribution in [2.24, 2.45) is 5.92 Å². The first-order valence-corrected chi connectivity index (χ1v) is 8.84. The van der Waals surface area contributed by atoms with Gasteiger partial charge >= 0.3 is 0 Å². The summed E-state index contributed by atoms with van der Waals surface area (Å²) in [6.07, 6.45) is 6.70. The zero-order chi connectivity index (χ0) is 17.8. The number of rotatable bonds is 3. The maximum atomic E-state index is 14.8. The van der Waals surface area contributed by atoms with Gasteiger partial charge in [-0.15, -0.1) is 6.58 Å². The Morgan fingerprint density at radius 2 is 2.04 bits per heavy atom. The van der Waals surface area contributed by atoms with Crippen molar-refractivity contribution in [1.29, 1.82) is 0 Å². The Labute approximate surface area is 152 Å². The van der Waals surface area contributed by atoms with E-state index in [0.717, 1.165) is 43.2 Å². The molecular formula is C22H19ClF2. The quantitative estimate of drug-likeness (QED) is 0.461. The van der Waals surface area contributed by atoms with Crippen molar-refractivity contribution in [3.05, 3.63) is 81.9 Å². The van der Waals surface area contributed by atoms with Gasteiger partial charge in [0.05, 0.1) is 10.6 Å². The number of benzene rings is 2. The van der Waals surface area contributed by atoms with Gasteiger partial charge in [0.1, 0.15) is 11.6 Å². The van der Waals surface area contributed by atoms with Crippen LogP contribution in [-0.4, -0.2) is 0 Å². The standard InChI is InChI=1S/C22H19ClF2/c1-2-3-4-15-6-11-19-18(13-15)10-9-17(22(19)25)8-5-16-7-12-20(23)21(24)14-16/h2,7,9-10,12,14-15H,1,3-4,6,11,13H2. The highest BCUT2D eigenvalue weighted by Crippen LogP contribution is 2.31. The molecule has 1 atom stereocenters. The minimum absolute atomic E-state index is 0.0523. The van der Waals surface area contributed by atoms with E-state index < -0.39 is 5.82 Å². The highest BCUT2D eigenvalue weighted by atomic mass is 35.5. The number of hydrogen-bond donors (Lipinski definition) is 0. The van der Waals surface area contributed by atoms with Crippen LogP contribution in [0.5, 0.6) is 0 Å². The Morgan fingerprint density at radius 1 is 1.20 bits per heavy atom. The van der Waals surface area contributed by atoms with Crippen LogP contribution in [0, 0.1) is 29.4 Å². The molecule has 0 radical (unpaired) electrons. The summed E-state index contributed by atoms with van der Waals surface area (Å²) >= 11 is 5.66. The predicted molar refractivity (Wildman–Crippen MR) is 98.7 cm³/mol. The van der Waals surface area contributed by atoms with Crippen LogP contribution in [0.15, 0.2) is 43.0 Å². The SMILES string of the molecule is C=CCCC1CCc2c(ccc(C#Cc3ccc(Cl)c(F)c3)c2F)C1. The largest absolute Gasteiger partial charge is 0.205 e. The number of fused-ring (bicyclic) bond motifs is 1. The summed E-state index contributed by atoms with van der Waals surface area (Å²) in [6, 6.07) is 8.04. The fourth-order valence-corrected chi connectivity index (χ4v) is 3.41. The molecule has 3 rings (SSSR count).